The van der Waals surface area contributed by atoms with Crippen molar-refractivity contribution < 1.29 is 4.79 Å². The van der Waals surface area contributed by atoms with Gasteiger partial charge in [-0.15, -0.1) is 0 Å². The number of nitrogens with zero attached hydrogens (tertiary/aromatic N) is 5. The molecule has 0 spiro atoms. The summed E-state index contributed by atoms with van der Waals surface area (Å²) in [5.74, 6) is 0.934. The van der Waals surface area contributed by atoms with E-state index in [4.69, 9.17) is 0 Å². The summed E-state index contributed by atoms with van der Waals surface area (Å²) in [6.07, 6.45) is 3.36. The van der Waals surface area contributed by atoms with E-state index in [0.717, 1.165) is 0 Å². The summed E-state index contributed by atoms with van der Waals surface area (Å²) in [7, 11) is 1.71. The van der Waals surface area contributed by atoms with E-state index in [9.17, 15) is 4.79 Å². The average molecular weight is 290 g/mol. The highest BCUT2D eigenvalue weighted by Crippen LogP contribution is 2.07. The monoisotopic (exact) mass is 290 g/mol. The highest BCUT2D eigenvalue weighted by molar-refractivity contribution is 5.80. The molecular weight excluding hydrogens is 272 g/mol. The SMILES string of the molecule is CNc1nc(NCC(=O)NC(C)C)nc(-n2cccn2)n1. The minimum Gasteiger partial charge on any atom is -0.357 e. The van der Waals surface area contributed by atoms with Crippen molar-refractivity contribution >= 4 is 17.8 Å². The van der Waals surface area contributed by atoms with Gasteiger partial charge in [-0.1, -0.05) is 0 Å². The first-order chi connectivity index (χ1) is 10.1. The molecule has 0 aliphatic rings. The maximum Gasteiger partial charge on any atom is 0.257 e. The van der Waals surface area contributed by atoms with Crippen molar-refractivity contribution in [1.29, 1.82) is 0 Å². The topological polar surface area (TPSA) is 110 Å². The molecule has 0 aliphatic heterocycles. The number of carbonyl (C=O) groups is 1. The summed E-state index contributed by atoms with van der Waals surface area (Å²) in [6.45, 7) is 3.88. The van der Waals surface area contributed by atoms with E-state index in [0.29, 0.717) is 17.8 Å². The summed E-state index contributed by atoms with van der Waals surface area (Å²) in [5.41, 5.74) is 0. The zero-order valence-corrected chi connectivity index (χ0v) is 12.2. The summed E-state index contributed by atoms with van der Waals surface area (Å²) < 4.78 is 1.52. The van der Waals surface area contributed by atoms with Crippen LogP contribution in [-0.4, -0.2) is 50.3 Å². The zero-order chi connectivity index (χ0) is 15.2. The fourth-order valence-electron chi connectivity index (χ4n) is 1.58. The summed E-state index contributed by atoms with van der Waals surface area (Å²) in [6, 6.07) is 1.86. The average Bonchev–Trinajstić information content (AvgIpc) is 2.98. The van der Waals surface area contributed by atoms with Crippen molar-refractivity contribution in [3.8, 4) is 5.95 Å². The second kappa shape index (κ2) is 6.64. The van der Waals surface area contributed by atoms with Crippen LogP contribution >= 0.6 is 0 Å². The van der Waals surface area contributed by atoms with E-state index in [1.54, 1.807) is 25.5 Å². The Kier molecular flexibility index (Phi) is 4.64. The lowest BCUT2D eigenvalue weighted by Crippen LogP contribution is -2.35. The minimum absolute atomic E-state index is 0.0872. The molecule has 112 valence electrons. The normalized spacial score (nSPS) is 10.5. The van der Waals surface area contributed by atoms with Crippen LogP contribution in [0.5, 0.6) is 0 Å². The van der Waals surface area contributed by atoms with Gasteiger partial charge in [-0.2, -0.15) is 20.1 Å². The van der Waals surface area contributed by atoms with Gasteiger partial charge in [-0.05, 0) is 19.9 Å². The molecule has 0 fully saturated rings. The van der Waals surface area contributed by atoms with Gasteiger partial charge in [0.1, 0.15) is 0 Å². The largest absolute Gasteiger partial charge is 0.357 e. The van der Waals surface area contributed by atoms with Crippen molar-refractivity contribution in [2.45, 2.75) is 19.9 Å². The first-order valence-electron chi connectivity index (χ1n) is 6.55. The van der Waals surface area contributed by atoms with Crippen LogP contribution in [0.2, 0.25) is 0 Å². The zero-order valence-electron chi connectivity index (χ0n) is 12.2. The van der Waals surface area contributed by atoms with Crippen molar-refractivity contribution in [3.63, 3.8) is 0 Å². The molecule has 0 saturated heterocycles. The standard InChI is InChI=1S/C12H18N8O/c1-8(2)16-9(21)7-14-11-17-10(13-3)18-12(19-11)20-6-4-5-15-20/h4-6,8H,7H2,1-3H3,(H,16,21)(H2,13,14,17,18,19). The maximum absolute atomic E-state index is 11.6. The molecule has 0 aliphatic carbocycles. The van der Waals surface area contributed by atoms with Crippen LogP contribution in [0.15, 0.2) is 18.5 Å². The smallest absolute Gasteiger partial charge is 0.257 e. The van der Waals surface area contributed by atoms with E-state index in [1.807, 2.05) is 13.8 Å². The molecule has 2 heterocycles. The Morgan fingerprint density at radius 3 is 2.67 bits per heavy atom. The molecule has 0 atom stereocenters. The van der Waals surface area contributed by atoms with Crippen LogP contribution in [-0.2, 0) is 4.79 Å². The minimum atomic E-state index is -0.128. The van der Waals surface area contributed by atoms with Gasteiger partial charge in [0, 0.05) is 25.5 Å². The van der Waals surface area contributed by atoms with Crippen LogP contribution in [0.25, 0.3) is 5.95 Å². The van der Waals surface area contributed by atoms with Gasteiger partial charge in [0.05, 0.1) is 6.54 Å². The molecule has 9 heteroatoms. The molecule has 0 aromatic carbocycles. The Hall–Kier alpha value is -2.71. The van der Waals surface area contributed by atoms with Gasteiger partial charge in [0.25, 0.3) is 5.95 Å². The van der Waals surface area contributed by atoms with Gasteiger partial charge >= 0.3 is 0 Å². The van der Waals surface area contributed by atoms with E-state index < -0.39 is 0 Å². The second-order valence-corrected chi connectivity index (χ2v) is 4.56. The van der Waals surface area contributed by atoms with Crippen LogP contribution in [0, 0.1) is 0 Å². The number of carbonyl (C=O) groups excluding carboxylic acids is 1. The number of aromatic nitrogens is 5. The molecule has 0 bridgehead atoms. The van der Waals surface area contributed by atoms with Crippen LogP contribution in [0.1, 0.15) is 13.8 Å². The van der Waals surface area contributed by atoms with E-state index in [-0.39, 0.29) is 18.5 Å². The summed E-state index contributed by atoms with van der Waals surface area (Å²) >= 11 is 0. The van der Waals surface area contributed by atoms with Gasteiger partial charge < -0.3 is 16.0 Å². The van der Waals surface area contributed by atoms with Crippen LogP contribution in [0.3, 0.4) is 0 Å². The lowest BCUT2D eigenvalue weighted by Gasteiger charge is -2.10. The molecule has 9 nitrogen and oxygen atoms in total. The quantitative estimate of drug-likeness (QED) is 0.688. The van der Waals surface area contributed by atoms with E-state index >= 15 is 0 Å². The molecule has 0 unspecified atom stereocenters. The Bertz CT molecular complexity index is 595. The number of amides is 1. The fourth-order valence-corrected chi connectivity index (χ4v) is 1.58. The molecule has 0 radical (unpaired) electrons. The Labute approximate surface area is 122 Å². The van der Waals surface area contributed by atoms with Gasteiger partial charge in [0.15, 0.2) is 0 Å². The molecule has 3 N–H and O–H groups in total. The number of hydrogen-bond donors (Lipinski definition) is 3. The highest BCUT2D eigenvalue weighted by Gasteiger charge is 2.09. The third-order valence-electron chi connectivity index (χ3n) is 2.41. The van der Waals surface area contributed by atoms with Crippen molar-refractivity contribution in [2.24, 2.45) is 0 Å². The summed E-state index contributed by atoms with van der Waals surface area (Å²) in [4.78, 5) is 24.2. The van der Waals surface area contributed by atoms with Crippen LogP contribution in [0.4, 0.5) is 11.9 Å². The molecular formula is C12H18N8O. The predicted octanol–water partition coefficient (Wildman–Crippen LogP) is 0.0355. The third kappa shape index (κ3) is 4.13. The Morgan fingerprint density at radius 2 is 2.05 bits per heavy atom. The lowest BCUT2D eigenvalue weighted by atomic mass is 10.4. The van der Waals surface area contributed by atoms with Gasteiger partial charge in [-0.3, -0.25) is 4.79 Å². The lowest BCUT2D eigenvalue weighted by molar-refractivity contribution is -0.119. The third-order valence-corrected chi connectivity index (χ3v) is 2.41. The molecule has 1 amide bonds. The Balaban J connectivity index is 2.12. The fraction of sp³-hybridized carbons (Fsp3) is 0.417. The number of rotatable bonds is 6. The molecule has 21 heavy (non-hydrogen) atoms. The predicted molar refractivity (Wildman–Crippen MR) is 78.3 cm³/mol. The first-order valence-corrected chi connectivity index (χ1v) is 6.55. The van der Waals surface area contributed by atoms with Gasteiger partial charge in [0.2, 0.25) is 17.8 Å². The molecule has 2 aromatic heterocycles. The number of nitrogens with one attached hydrogen (secondary N) is 3. The molecule has 2 rings (SSSR count). The molecule has 0 saturated carbocycles. The second-order valence-electron chi connectivity index (χ2n) is 4.56. The van der Waals surface area contributed by atoms with Crippen LogP contribution < -0.4 is 16.0 Å². The van der Waals surface area contributed by atoms with E-state index in [2.05, 4.69) is 36.0 Å². The summed E-state index contributed by atoms with van der Waals surface area (Å²) in [5, 5.41) is 12.6. The molecule has 2 aromatic rings. The van der Waals surface area contributed by atoms with Crippen molar-refractivity contribution in [3.05, 3.63) is 18.5 Å². The van der Waals surface area contributed by atoms with Gasteiger partial charge in [-0.25, -0.2) is 4.68 Å². The first kappa shape index (κ1) is 14.7. The van der Waals surface area contributed by atoms with Crippen molar-refractivity contribution in [2.75, 3.05) is 24.2 Å². The highest BCUT2D eigenvalue weighted by atomic mass is 16.1. The Morgan fingerprint density at radius 1 is 1.29 bits per heavy atom. The number of hydrogen-bond acceptors (Lipinski definition) is 7. The maximum atomic E-state index is 11.6. The van der Waals surface area contributed by atoms with Crippen molar-refractivity contribution in [1.82, 2.24) is 30.0 Å². The van der Waals surface area contributed by atoms with E-state index in [1.165, 1.54) is 4.68 Å². The number of anilines is 2.